The van der Waals surface area contributed by atoms with Crippen molar-refractivity contribution in [2.24, 2.45) is 0 Å². The number of nitrogens with one attached hydrogen (secondary N) is 1. The number of hydrogen-bond donors (Lipinski definition) is 2. The lowest BCUT2D eigenvalue weighted by atomic mass is 9.98. The van der Waals surface area contributed by atoms with E-state index in [1.165, 1.54) is 0 Å². The van der Waals surface area contributed by atoms with Gasteiger partial charge in [0.25, 0.3) is 0 Å². The molecule has 4 nitrogen and oxygen atoms in total. The van der Waals surface area contributed by atoms with Gasteiger partial charge in [-0.25, -0.2) is 0 Å². The van der Waals surface area contributed by atoms with Crippen LogP contribution in [0.4, 0.5) is 0 Å². The van der Waals surface area contributed by atoms with E-state index in [1.807, 2.05) is 17.8 Å². The first-order chi connectivity index (χ1) is 7.45. The Morgan fingerprint density at radius 2 is 2.31 bits per heavy atom. The number of nitrogens with zero attached hydrogens (tertiary/aromatic N) is 2. The van der Waals surface area contributed by atoms with E-state index in [4.69, 9.17) is 0 Å². The predicted octanol–water partition coefficient (Wildman–Crippen LogP) is 1.78. The fourth-order valence-electron chi connectivity index (χ4n) is 1.72. The Hall–Kier alpha value is -0.390. The number of hydrogen-bond acceptors (Lipinski definition) is 3. The van der Waals surface area contributed by atoms with Gasteiger partial charge in [-0.2, -0.15) is 5.10 Å². The normalized spacial score (nSPS) is 15.4. The van der Waals surface area contributed by atoms with Crippen molar-refractivity contribution < 1.29 is 5.11 Å². The quantitative estimate of drug-likeness (QED) is 0.839. The standard InChI is InChI=1S/C11H20BrN3O/c1-9(2)14-11(3,8-16)4-5-15-7-10(12)6-13-15/h6-7,9,14,16H,4-5,8H2,1-3H3. The molecule has 16 heavy (non-hydrogen) atoms. The highest BCUT2D eigenvalue weighted by molar-refractivity contribution is 9.10. The third kappa shape index (κ3) is 4.23. The Labute approximate surface area is 105 Å². The Kier molecular flexibility index (Phi) is 4.95. The van der Waals surface area contributed by atoms with Crippen LogP contribution < -0.4 is 5.32 Å². The second-order valence-electron chi connectivity index (χ2n) is 4.69. The van der Waals surface area contributed by atoms with Crippen molar-refractivity contribution in [3.63, 3.8) is 0 Å². The van der Waals surface area contributed by atoms with Crippen molar-refractivity contribution in [3.8, 4) is 0 Å². The molecule has 0 spiro atoms. The van der Waals surface area contributed by atoms with E-state index < -0.39 is 0 Å². The molecule has 0 amide bonds. The summed E-state index contributed by atoms with van der Waals surface area (Å²) < 4.78 is 2.86. The molecule has 0 bridgehead atoms. The summed E-state index contributed by atoms with van der Waals surface area (Å²) in [6, 6.07) is 0.363. The number of aromatic nitrogens is 2. The van der Waals surface area contributed by atoms with Gasteiger partial charge in [0.05, 0.1) is 17.3 Å². The van der Waals surface area contributed by atoms with Gasteiger partial charge in [0.2, 0.25) is 0 Å². The summed E-state index contributed by atoms with van der Waals surface area (Å²) in [7, 11) is 0. The van der Waals surface area contributed by atoms with Crippen LogP contribution in [0.3, 0.4) is 0 Å². The SMILES string of the molecule is CC(C)NC(C)(CO)CCn1cc(Br)cn1. The molecular formula is C11H20BrN3O. The highest BCUT2D eigenvalue weighted by atomic mass is 79.9. The minimum Gasteiger partial charge on any atom is -0.394 e. The van der Waals surface area contributed by atoms with Crippen LogP contribution >= 0.6 is 15.9 Å². The number of rotatable bonds is 6. The molecule has 0 aliphatic carbocycles. The van der Waals surface area contributed by atoms with E-state index in [2.05, 4.69) is 40.2 Å². The number of aliphatic hydroxyl groups excluding tert-OH is 1. The summed E-state index contributed by atoms with van der Waals surface area (Å²) in [4.78, 5) is 0. The van der Waals surface area contributed by atoms with Crippen molar-refractivity contribution in [2.45, 2.75) is 45.3 Å². The van der Waals surface area contributed by atoms with Crippen LogP contribution in [0.2, 0.25) is 0 Å². The second kappa shape index (κ2) is 5.80. The average Bonchev–Trinajstić information content (AvgIpc) is 2.60. The fraction of sp³-hybridized carbons (Fsp3) is 0.727. The Morgan fingerprint density at radius 1 is 1.62 bits per heavy atom. The van der Waals surface area contributed by atoms with Crippen LogP contribution in [0, 0.1) is 0 Å². The van der Waals surface area contributed by atoms with Gasteiger partial charge in [-0.1, -0.05) is 13.8 Å². The van der Waals surface area contributed by atoms with Gasteiger partial charge >= 0.3 is 0 Å². The summed E-state index contributed by atoms with van der Waals surface area (Å²) in [5.74, 6) is 0. The molecule has 0 fully saturated rings. The number of aryl methyl sites for hydroxylation is 1. The van der Waals surface area contributed by atoms with Crippen LogP contribution in [0.5, 0.6) is 0 Å². The Bertz CT molecular complexity index is 327. The maximum atomic E-state index is 9.42. The molecule has 1 rings (SSSR count). The van der Waals surface area contributed by atoms with E-state index in [-0.39, 0.29) is 12.1 Å². The van der Waals surface area contributed by atoms with Crippen LogP contribution in [0.15, 0.2) is 16.9 Å². The molecule has 0 aliphatic rings. The molecule has 0 aromatic carbocycles. The summed E-state index contributed by atoms with van der Waals surface area (Å²) in [6.45, 7) is 7.12. The largest absolute Gasteiger partial charge is 0.394 e. The lowest BCUT2D eigenvalue weighted by Crippen LogP contribution is -2.49. The van der Waals surface area contributed by atoms with Gasteiger partial charge in [0, 0.05) is 24.3 Å². The topological polar surface area (TPSA) is 50.1 Å². The highest BCUT2D eigenvalue weighted by Crippen LogP contribution is 2.13. The Morgan fingerprint density at radius 3 is 2.75 bits per heavy atom. The molecular weight excluding hydrogens is 270 g/mol. The molecule has 1 atom stereocenters. The van der Waals surface area contributed by atoms with Gasteiger partial charge in [0.15, 0.2) is 0 Å². The predicted molar refractivity (Wildman–Crippen MR) is 68.3 cm³/mol. The molecule has 2 N–H and O–H groups in total. The number of halogens is 1. The van der Waals surface area contributed by atoms with Gasteiger partial charge in [-0.05, 0) is 29.3 Å². The van der Waals surface area contributed by atoms with Gasteiger partial charge in [-0.15, -0.1) is 0 Å². The molecule has 92 valence electrons. The third-order valence-electron chi connectivity index (χ3n) is 2.48. The first kappa shape index (κ1) is 13.7. The molecule has 0 aliphatic heterocycles. The van der Waals surface area contributed by atoms with E-state index in [0.29, 0.717) is 6.04 Å². The van der Waals surface area contributed by atoms with Crippen molar-refractivity contribution in [1.82, 2.24) is 15.1 Å². The number of aliphatic hydroxyl groups is 1. The second-order valence-corrected chi connectivity index (χ2v) is 5.61. The zero-order valence-electron chi connectivity index (χ0n) is 10.1. The summed E-state index contributed by atoms with van der Waals surface area (Å²) in [6.07, 6.45) is 4.55. The van der Waals surface area contributed by atoms with Gasteiger partial charge in [-0.3, -0.25) is 4.68 Å². The summed E-state index contributed by atoms with van der Waals surface area (Å²) >= 11 is 3.36. The van der Waals surface area contributed by atoms with Crippen molar-refractivity contribution in [3.05, 3.63) is 16.9 Å². The van der Waals surface area contributed by atoms with Crippen LogP contribution in [0.25, 0.3) is 0 Å². The maximum absolute atomic E-state index is 9.42. The smallest absolute Gasteiger partial charge is 0.0632 e. The van der Waals surface area contributed by atoms with E-state index in [0.717, 1.165) is 17.4 Å². The van der Waals surface area contributed by atoms with Crippen molar-refractivity contribution in [1.29, 1.82) is 0 Å². The van der Waals surface area contributed by atoms with E-state index in [1.54, 1.807) is 6.20 Å². The van der Waals surface area contributed by atoms with E-state index >= 15 is 0 Å². The molecule has 1 aromatic heterocycles. The maximum Gasteiger partial charge on any atom is 0.0632 e. The van der Waals surface area contributed by atoms with Gasteiger partial charge in [0.1, 0.15) is 0 Å². The van der Waals surface area contributed by atoms with Crippen molar-refractivity contribution in [2.75, 3.05) is 6.61 Å². The summed E-state index contributed by atoms with van der Waals surface area (Å²) in [5.41, 5.74) is -0.243. The molecule has 0 saturated heterocycles. The molecule has 0 radical (unpaired) electrons. The summed E-state index contributed by atoms with van der Waals surface area (Å²) in [5, 5.41) is 17.0. The fourth-order valence-corrected chi connectivity index (χ4v) is 2.04. The zero-order valence-corrected chi connectivity index (χ0v) is 11.7. The average molecular weight is 290 g/mol. The van der Waals surface area contributed by atoms with Crippen LogP contribution in [0.1, 0.15) is 27.2 Å². The Balaban J connectivity index is 2.50. The van der Waals surface area contributed by atoms with Gasteiger partial charge < -0.3 is 10.4 Å². The minimum absolute atomic E-state index is 0.133. The molecule has 0 saturated carbocycles. The minimum atomic E-state index is -0.243. The zero-order chi connectivity index (χ0) is 12.2. The lowest BCUT2D eigenvalue weighted by Gasteiger charge is -2.31. The van der Waals surface area contributed by atoms with E-state index in [9.17, 15) is 5.11 Å². The highest BCUT2D eigenvalue weighted by Gasteiger charge is 2.23. The van der Waals surface area contributed by atoms with Crippen molar-refractivity contribution >= 4 is 15.9 Å². The third-order valence-corrected chi connectivity index (χ3v) is 2.89. The molecule has 5 heteroatoms. The van der Waals surface area contributed by atoms with Crippen LogP contribution in [-0.2, 0) is 6.54 Å². The monoisotopic (exact) mass is 289 g/mol. The lowest BCUT2D eigenvalue weighted by molar-refractivity contribution is 0.151. The first-order valence-electron chi connectivity index (χ1n) is 5.52. The molecule has 1 aromatic rings. The molecule has 1 heterocycles. The first-order valence-corrected chi connectivity index (χ1v) is 6.31. The molecule has 1 unspecified atom stereocenters. The van der Waals surface area contributed by atoms with Crippen LogP contribution in [-0.4, -0.2) is 33.1 Å².